The van der Waals surface area contributed by atoms with Crippen molar-refractivity contribution in [3.8, 4) is 0 Å². The molecule has 1 aromatic heterocycles. The van der Waals surface area contributed by atoms with Crippen LogP contribution < -0.4 is 5.32 Å². The topological polar surface area (TPSA) is 34.4 Å². The molecular formula is C12H21NO2. The van der Waals surface area contributed by atoms with E-state index in [2.05, 4.69) is 26.1 Å². The Hall–Kier alpha value is -0.800. The molecule has 0 bridgehead atoms. The maximum atomic E-state index is 5.47. The Bertz CT molecular complexity index is 244. The summed E-state index contributed by atoms with van der Waals surface area (Å²) in [5.41, 5.74) is 0. The van der Waals surface area contributed by atoms with E-state index < -0.39 is 0 Å². The van der Waals surface area contributed by atoms with Gasteiger partial charge >= 0.3 is 0 Å². The lowest BCUT2D eigenvalue weighted by Gasteiger charge is -2.12. The predicted molar refractivity (Wildman–Crippen MR) is 60.8 cm³/mol. The van der Waals surface area contributed by atoms with Crippen molar-refractivity contribution in [1.29, 1.82) is 0 Å². The highest BCUT2D eigenvalue weighted by Gasteiger charge is 2.06. The molecule has 1 heterocycles. The summed E-state index contributed by atoms with van der Waals surface area (Å²) in [4.78, 5) is 0. The van der Waals surface area contributed by atoms with Gasteiger partial charge in [-0.15, -0.1) is 0 Å². The van der Waals surface area contributed by atoms with Crippen LogP contribution in [-0.2, 0) is 4.74 Å². The van der Waals surface area contributed by atoms with Crippen LogP contribution in [0.25, 0.3) is 0 Å². The third-order valence-corrected chi connectivity index (χ3v) is 2.12. The Morgan fingerprint density at radius 2 is 2.20 bits per heavy atom. The summed E-state index contributed by atoms with van der Waals surface area (Å²) in [6, 6.07) is 4.14. The first-order valence-corrected chi connectivity index (χ1v) is 5.54. The average Bonchev–Trinajstić information content (AvgIpc) is 2.69. The molecule has 0 amide bonds. The van der Waals surface area contributed by atoms with Crippen LogP contribution in [-0.4, -0.2) is 19.8 Å². The second-order valence-electron chi connectivity index (χ2n) is 4.16. The van der Waals surface area contributed by atoms with Gasteiger partial charge in [0.1, 0.15) is 5.76 Å². The minimum atomic E-state index is 0.252. The molecule has 1 atom stereocenters. The van der Waals surface area contributed by atoms with E-state index in [1.807, 2.05) is 12.1 Å². The Labute approximate surface area is 91.8 Å². The Balaban J connectivity index is 2.05. The zero-order chi connectivity index (χ0) is 11.1. The van der Waals surface area contributed by atoms with Crippen molar-refractivity contribution in [2.75, 3.05) is 19.8 Å². The maximum absolute atomic E-state index is 5.47. The summed E-state index contributed by atoms with van der Waals surface area (Å²) in [5, 5.41) is 3.34. The van der Waals surface area contributed by atoms with E-state index in [1.165, 1.54) is 0 Å². The molecule has 0 aliphatic heterocycles. The normalized spacial score (nSPS) is 13.3. The fourth-order valence-electron chi connectivity index (χ4n) is 1.30. The molecule has 1 rings (SSSR count). The molecule has 0 spiro atoms. The first-order valence-electron chi connectivity index (χ1n) is 5.54. The Morgan fingerprint density at radius 3 is 2.80 bits per heavy atom. The molecule has 0 unspecified atom stereocenters. The van der Waals surface area contributed by atoms with Gasteiger partial charge in [-0.2, -0.15) is 0 Å². The molecule has 1 N–H and O–H groups in total. The van der Waals surface area contributed by atoms with Gasteiger partial charge in [0.2, 0.25) is 0 Å². The minimum absolute atomic E-state index is 0.252. The van der Waals surface area contributed by atoms with Crippen molar-refractivity contribution in [2.45, 2.75) is 26.8 Å². The lowest BCUT2D eigenvalue weighted by molar-refractivity contribution is 0.110. The van der Waals surface area contributed by atoms with Gasteiger partial charge < -0.3 is 14.5 Å². The largest absolute Gasteiger partial charge is 0.468 e. The van der Waals surface area contributed by atoms with Gasteiger partial charge in [-0.3, -0.25) is 0 Å². The minimum Gasteiger partial charge on any atom is -0.468 e. The zero-order valence-electron chi connectivity index (χ0n) is 9.82. The number of ether oxygens (including phenoxy) is 1. The summed E-state index contributed by atoms with van der Waals surface area (Å²) in [7, 11) is 0. The van der Waals surface area contributed by atoms with Gasteiger partial charge in [0.15, 0.2) is 0 Å². The van der Waals surface area contributed by atoms with Crippen LogP contribution >= 0.6 is 0 Å². The zero-order valence-corrected chi connectivity index (χ0v) is 9.82. The van der Waals surface area contributed by atoms with Crippen molar-refractivity contribution < 1.29 is 9.15 Å². The monoisotopic (exact) mass is 211 g/mol. The quantitative estimate of drug-likeness (QED) is 0.704. The fraction of sp³-hybridized carbons (Fsp3) is 0.667. The molecule has 15 heavy (non-hydrogen) atoms. The van der Waals surface area contributed by atoms with E-state index in [0.717, 1.165) is 25.5 Å². The number of hydrogen-bond donors (Lipinski definition) is 1. The van der Waals surface area contributed by atoms with Crippen molar-refractivity contribution in [1.82, 2.24) is 5.32 Å². The summed E-state index contributed by atoms with van der Waals surface area (Å²) in [5.74, 6) is 1.58. The maximum Gasteiger partial charge on any atom is 0.120 e. The first kappa shape index (κ1) is 12.3. The van der Waals surface area contributed by atoms with E-state index in [9.17, 15) is 0 Å². The summed E-state index contributed by atoms with van der Waals surface area (Å²) >= 11 is 0. The Morgan fingerprint density at radius 1 is 1.40 bits per heavy atom. The molecule has 0 aliphatic carbocycles. The van der Waals surface area contributed by atoms with Gasteiger partial charge in [-0.1, -0.05) is 13.8 Å². The molecule has 0 fully saturated rings. The predicted octanol–water partition coefficient (Wildman–Crippen LogP) is 2.60. The number of rotatable bonds is 7. The molecule has 3 nitrogen and oxygen atoms in total. The van der Waals surface area contributed by atoms with E-state index in [0.29, 0.717) is 5.92 Å². The molecule has 1 aromatic rings. The highest BCUT2D eigenvalue weighted by Crippen LogP contribution is 2.11. The first-order chi connectivity index (χ1) is 7.20. The number of furan rings is 1. The average molecular weight is 211 g/mol. The molecule has 0 saturated carbocycles. The molecular weight excluding hydrogens is 190 g/mol. The third-order valence-electron chi connectivity index (χ3n) is 2.12. The van der Waals surface area contributed by atoms with Crippen molar-refractivity contribution in [2.24, 2.45) is 5.92 Å². The highest BCUT2D eigenvalue weighted by atomic mass is 16.5. The lowest BCUT2D eigenvalue weighted by atomic mass is 10.2. The van der Waals surface area contributed by atoms with Crippen LogP contribution in [0.5, 0.6) is 0 Å². The molecule has 86 valence electrons. The van der Waals surface area contributed by atoms with Gasteiger partial charge in [0.05, 0.1) is 18.9 Å². The number of nitrogens with one attached hydrogen (secondary N) is 1. The summed E-state index contributed by atoms with van der Waals surface area (Å²) in [6.45, 7) is 8.83. The summed E-state index contributed by atoms with van der Waals surface area (Å²) in [6.07, 6.45) is 1.70. The van der Waals surface area contributed by atoms with Crippen molar-refractivity contribution >= 4 is 0 Å². The van der Waals surface area contributed by atoms with Crippen molar-refractivity contribution in [3.05, 3.63) is 24.2 Å². The van der Waals surface area contributed by atoms with E-state index in [-0.39, 0.29) is 6.04 Å². The van der Waals surface area contributed by atoms with Crippen molar-refractivity contribution in [3.63, 3.8) is 0 Å². The molecule has 0 radical (unpaired) electrons. The van der Waals surface area contributed by atoms with E-state index in [1.54, 1.807) is 6.26 Å². The molecule has 0 saturated heterocycles. The van der Waals surface area contributed by atoms with Crippen LogP contribution in [0.3, 0.4) is 0 Å². The van der Waals surface area contributed by atoms with Crippen LogP contribution in [0.15, 0.2) is 22.8 Å². The Kier molecular flexibility index (Phi) is 5.43. The van der Waals surface area contributed by atoms with Crippen LogP contribution in [0.4, 0.5) is 0 Å². The standard InChI is InChI=1S/C12H21NO2/c1-10(2)9-14-8-6-13-11(3)12-5-4-7-15-12/h4-5,7,10-11,13H,6,8-9H2,1-3H3/t11-/m1/s1. The fourth-order valence-corrected chi connectivity index (χ4v) is 1.30. The van der Waals surface area contributed by atoms with E-state index >= 15 is 0 Å². The molecule has 0 aromatic carbocycles. The molecule has 3 heteroatoms. The smallest absolute Gasteiger partial charge is 0.120 e. The third kappa shape index (κ3) is 5.00. The van der Waals surface area contributed by atoms with Gasteiger partial charge in [-0.05, 0) is 25.0 Å². The van der Waals surface area contributed by atoms with Gasteiger partial charge in [0.25, 0.3) is 0 Å². The molecule has 0 aliphatic rings. The van der Waals surface area contributed by atoms with Gasteiger partial charge in [0, 0.05) is 13.2 Å². The van der Waals surface area contributed by atoms with Gasteiger partial charge in [-0.25, -0.2) is 0 Å². The van der Waals surface area contributed by atoms with Crippen LogP contribution in [0.1, 0.15) is 32.6 Å². The second kappa shape index (κ2) is 6.64. The summed E-state index contributed by atoms with van der Waals surface area (Å²) < 4.78 is 10.8. The SMILES string of the molecule is CC(C)COCCN[C@H](C)c1ccco1. The van der Waals surface area contributed by atoms with Crippen LogP contribution in [0, 0.1) is 5.92 Å². The number of hydrogen-bond acceptors (Lipinski definition) is 3. The highest BCUT2D eigenvalue weighted by molar-refractivity contribution is 5.02. The van der Waals surface area contributed by atoms with E-state index in [4.69, 9.17) is 9.15 Å². The second-order valence-corrected chi connectivity index (χ2v) is 4.16. The lowest BCUT2D eigenvalue weighted by Crippen LogP contribution is -2.23. The van der Waals surface area contributed by atoms with Crippen LogP contribution in [0.2, 0.25) is 0 Å².